The standard InChI is InChI=1S/C13H20BrNO/c1-4-13(16,5-2)9-15-12-7-6-10(3)8-11(12)14/h6-8,15-16H,4-5,9H2,1-3H3. The fourth-order valence-corrected chi connectivity index (χ4v) is 2.16. The van der Waals surface area contributed by atoms with E-state index in [2.05, 4.69) is 40.3 Å². The van der Waals surface area contributed by atoms with Crippen LogP contribution in [0.2, 0.25) is 0 Å². The predicted molar refractivity (Wildman–Crippen MR) is 72.9 cm³/mol. The Morgan fingerprint density at radius 2 is 1.94 bits per heavy atom. The molecule has 0 heterocycles. The molecule has 0 aliphatic heterocycles. The minimum Gasteiger partial charge on any atom is -0.388 e. The molecule has 0 amide bonds. The van der Waals surface area contributed by atoms with Crippen LogP contribution in [0.15, 0.2) is 22.7 Å². The van der Waals surface area contributed by atoms with Crippen LogP contribution in [-0.2, 0) is 0 Å². The molecule has 0 unspecified atom stereocenters. The van der Waals surface area contributed by atoms with Crippen LogP contribution in [0.1, 0.15) is 32.3 Å². The summed E-state index contributed by atoms with van der Waals surface area (Å²) in [4.78, 5) is 0. The van der Waals surface area contributed by atoms with Gasteiger partial charge in [0.2, 0.25) is 0 Å². The Kier molecular flexibility index (Phi) is 4.81. The number of hydrogen-bond acceptors (Lipinski definition) is 2. The molecule has 0 aliphatic rings. The normalized spacial score (nSPS) is 11.6. The van der Waals surface area contributed by atoms with E-state index < -0.39 is 5.60 Å². The number of nitrogens with one attached hydrogen (secondary N) is 1. The maximum absolute atomic E-state index is 10.2. The van der Waals surface area contributed by atoms with Crippen LogP contribution in [0.3, 0.4) is 0 Å². The van der Waals surface area contributed by atoms with E-state index in [9.17, 15) is 5.11 Å². The highest BCUT2D eigenvalue weighted by molar-refractivity contribution is 9.10. The van der Waals surface area contributed by atoms with Crippen molar-refractivity contribution in [1.29, 1.82) is 0 Å². The molecule has 2 nitrogen and oxygen atoms in total. The van der Waals surface area contributed by atoms with E-state index in [-0.39, 0.29) is 0 Å². The highest BCUT2D eigenvalue weighted by Crippen LogP contribution is 2.25. The predicted octanol–water partition coefficient (Wildman–Crippen LogP) is 3.72. The summed E-state index contributed by atoms with van der Waals surface area (Å²) in [7, 11) is 0. The van der Waals surface area contributed by atoms with Gasteiger partial charge in [-0.1, -0.05) is 19.9 Å². The second-order valence-corrected chi connectivity index (χ2v) is 5.12. The Morgan fingerprint density at radius 1 is 1.31 bits per heavy atom. The van der Waals surface area contributed by atoms with Crippen molar-refractivity contribution in [3.8, 4) is 0 Å². The van der Waals surface area contributed by atoms with Crippen molar-refractivity contribution in [2.45, 2.75) is 39.2 Å². The van der Waals surface area contributed by atoms with E-state index in [1.807, 2.05) is 19.9 Å². The molecule has 0 saturated carbocycles. The summed E-state index contributed by atoms with van der Waals surface area (Å²) in [5.74, 6) is 0. The molecular formula is C13H20BrNO. The molecule has 0 aromatic heterocycles. The lowest BCUT2D eigenvalue weighted by atomic mass is 9.97. The Balaban J connectivity index is 2.67. The molecule has 0 bridgehead atoms. The number of aryl methyl sites for hydroxylation is 1. The molecule has 0 spiro atoms. The van der Waals surface area contributed by atoms with Crippen molar-refractivity contribution in [3.63, 3.8) is 0 Å². The lowest BCUT2D eigenvalue weighted by Crippen LogP contribution is -2.35. The third-order valence-electron chi connectivity index (χ3n) is 3.05. The van der Waals surface area contributed by atoms with E-state index >= 15 is 0 Å². The molecule has 0 aliphatic carbocycles. The number of halogens is 1. The molecule has 1 rings (SSSR count). The van der Waals surface area contributed by atoms with Crippen molar-refractivity contribution in [1.82, 2.24) is 0 Å². The molecule has 3 heteroatoms. The van der Waals surface area contributed by atoms with Gasteiger partial charge >= 0.3 is 0 Å². The monoisotopic (exact) mass is 285 g/mol. The molecule has 0 atom stereocenters. The maximum atomic E-state index is 10.2. The topological polar surface area (TPSA) is 32.3 Å². The van der Waals surface area contributed by atoms with Gasteiger partial charge in [0.15, 0.2) is 0 Å². The first-order valence-corrected chi connectivity index (χ1v) is 6.52. The van der Waals surface area contributed by atoms with E-state index in [0.29, 0.717) is 6.54 Å². The van der Waals surface area contributed by atoms with E-state index in [1.54, 1.807) is 0 Å². The summed E-state index contributed by atoms with van der Waals surface area (Å²) in [5, 5.41) is 13.4. The van der Waals surface area contributed by atoms with Crippen molar-refractivity contribution < 1.29 is 5.11 Å². The van der Waals surface area contributed by atoms with Crippen molar-refractivity contribution in [2.24, 2.45) is 0 Å². The number of rotatable bonds is 5. The fraction of sp³-hybridized carbons (Fsp3) is 0.538. The minimum atomic E-state index is -0.607. The molecule has 0 fully saturated rings. The Labute approximate surface area is 106 Å². The van der Waals surface area contributed by atoms with Crippen molar-refractivity contribution in [2.75, 3.05) is 11.9 Å². The number of benzene rings is 1. The van der Waals surface area contributed by atoms with Crippen LogP contribution in [0.4, 0.5) is 5.69 Å². The van der Waals surface area contributed by atoms with Crippen LogP contribution in [0.25, 0.3) is 0 Å². The highest BCUT2D eigenvalue weighted by Gasteiger charge is 2.21. The lowest BCUT2D eigenvalue weighted by molar-refractivity contribution is 0.0457. The average Bonchev–Trinajstić information content (AvgIpc) is 2.27. The Hall–Kier alpha value is -0.540. The lowest BCUT2D eigenvalue weighted by Gasteiger charge is -2.26. The van der Waals surface area contributed by atoms with Crippen LogP contribution in [0, 0.1) is 6.92 Å². The summed E-state index contributed by atoms with van der Waals surface area (Å²) in [6.45, 7) is 6.66. The van der Waals surface area contributed by atoms with E-state index in [4.69, 9.17) is 0 Å². The number of hydrogen-bond donors (Lipinski definition) is 2. The van der Waals surface area contributed by atoms with Crippen molar-refractivity contribution >= 4 is 21.6 Å². The first kappa shape index (κ1) is 13.5. The molecular weight excluding hydrogens is 266 g/mol. The number of aliphatic hydroxyl groups is 1. The molecule has 90 valence electrons. The van der Waals surface area contributed by atoms with Gasteiger partial charge in [-0.05, 0) is 53.4 Å². The molecule has 2 N–H and O–H groups in total. The highest BCUT2D eigenvalue weighted by atomic mass is 79.9. The molecule has 1 aromatic rings. The third kappa shape index (κ3) is 3.49. The third-order valence-corrected chi connectivity index (χ3v) is 3.70. The largest absolute Gasteiger partial charge is 0.388 e. The zero-order valence-electron chi connectivity index (χ0n) is 10.2. The zero-order chi connectivity index (χ0) is 12.2. The van der Waals surface area contributed by atoms with Gasteiger partial charge in [0.25, 0.3) is 0 Å². The quantitative estimate of drug-likeness (QED) is 0.864. The molecule has 1 aromatic carbocycles. The second kappa shape index (κ2) is 5.69. The van der Waals surface area contributed by atoms with Gasteiger partial charge in [-0.2, -0.15) is 0 Å². The molecule has 16 heavy (non-hydrogen) atoms. The first-order chi connectivity index (χ1) is 7.50. The number of anilines is 1. The Morgan fingerprint density at radius 3 is 2.44 bits per heavy atom. The summed E-state index contributed by atoms with van der Waals surface area (Å²) in [6.07, 6.45) is 1.53. The first-order valence-electron chi connectivity index (χ1n) is 5.73. The van der Waals surface area contributed by atoms with Crippen LogP contribution < -0.4 is 5.32 Å². The van der Waals surface area contributed by atoms with Gasteiger partial charge < -0.3 is 10.4 Å². The van der Waals surface area contributed by atoms with Crippen LogP contribution >= 0.6 is 15.9 Å². The molecule has 0 saturated heterocycles. The van der Waals surface area contributed by atoms with Gasteiger partial charge in [0, 0.05) is 16.7 Å². The van der Waals surface area contributed by atoms with Gasteiger partial charge in [-0.3, -0.25) is 0 Å². The van der Waals surface area contributed by atoms with Gasteiger partial charge in [-0.25, -0.2) is 0 Å². The van der Waals surface area contributed by atoms with Crippen LogP contribution in [0.5, 0.6) is 0 Å². The minimum absolute atomic E-state index is 0.585. The second-order valence-electron chi connectivity index (χ2n) is 4.27. The smallest absolute Gasteiger partial charge is 0.0814 e. The van der Waals surface area contributed by atoms with Gasteiger partial charge in [0.05, 0.1) is 5.60 Å². The van der Waals surface area contributed by atoms with E-state index in [1.165, 1.54) is 5.56 Å². The summed E-state index contributed by atoms with van der Waals surface area (Å²) < 4.78 is 1.04. The van der Waals surface area contributed by atoms with Gasteiger partial charge in [-0.15, -0.1) is 0 Å². The molecule has 0 radical (unpaired) electrons. The fourth-order valence-electron chi connectivity index (χ4n) is 1.52. The SMILES string of the molecule is CCC(O)(CC)CNc1ccc(C)cc1Br. The zero-order valence-corrected chi connectivity index (χ0v) is 11.8. The maximum Gasteiger partial charge on any atom is 0.0814 e. The summed E-state index contributed by atoms with van der Waals surface area (Å²) in [5.41, 5.74) is 1.65. The van der Waals surface area contributed by atoms with E-state index in [0.717, 1.165) is 23.0 Å². The van der Waals surface area contributed by atoms with Crippen molar-refractivity contribution in [3.05, 3.63) is 28.2 Å². The average molecular weight is 286 g/mol. The summed E-state index contributed by atoms with van der Waals surface area (Å²) >= 11 is 3.51. The summed E-state index contributed by atoms with van der Waals surface area (Å²) in [6, 6.07) is 6.16. The Bertz CT molecular complexity index is 348. The van der Waals surface area contributed by atoms with Gasteiger partial charge in [0.1, 0.15) is 0 Å². The van der Waals surface area contributed by atoms with Crippen LogP contribution in [-0.4, -0.2) is 17.3 Å².